The van der Waals surface area contributed by atoms with E-state index in [1.54, 1.807) is 30.3 Å². The van der Waals surface area contributed by atoms with Crippen LogP contribution in [0.25, 0.3) is 0 Å². The molecule has 0 amide bonds. The van der Waals surface area contributed by atoms with Crippen LogP contribution in [0.4, 0.5) is 18.9 Å². The van der Waals surface area contributed by atoms with Crippen LogP contribution in [0.2, 0.25) is 10.0 Å². The van der Waals surface area contributed by atoms with Crippen LogP contribution in [-0.4, -0.2) is 17.7 Å². The first-order valence-corrected chi connectivity index (χ1v) is 15.1. The molecule has 0 aliphatic heterocycles. The van der Waals surface area contributed by atoms with Gasteiger partial charge in [0.15, 0.2) is 0 Å². The molecule has 3 aromatic carbocycles. The van der Waals surface area contributed by atoms with Gasteiger partial charge in [0.05, 0.1) is 29.1 Å². The molecule has 4 rings (SSSR count). The summed E-state index contributed by atoms with van der Waals surface area (Å²) >= 11 is 12.7. The molecule has 3 aromatic rings. The molecule has 1 N–H and O–H groups in total. The van der Waals surface area contributed by atoms with Crippen LogP contribution in [0.15, 0.2) is 72.8 Å². The number of nitrogens with one attached hydrogen (secondary N) is 1. The van der Waals surface area contributed by atoms with E-state index in [-0.39, 0.29) is 24.7 Å². The summed E-state index contributed by atoms with van der Waals surface area (Å²) in [4.78, 5) is 12.7. The average Bonchev–Trinajstić information content (AvgIpc) is 3.75. The Morgan fingerprint density at radius 2 is 1.55 bits per heavy atom. The molecule has 1 aliphatic rings. The predicted molar refractivity (Wildman–Crippen MR) is 164 cm³/mol. The Kier molecular flexibility index (Phi) is 10.2. The second-order valence-electron chi connectivity index (χ2n) is 12.3. The van der Waals surface area contributed by atoms with Crippen molar-refractivity contribution in [2.45, 2.75) is 83.0 Å². The molecule has 226 valence electrons. The Hall–Kier alpha value is -2.70. The molecule has 1 aliphatic carbocycles. The van der Waals surface area contributed by atoms with E-state index in [1.165, 1.54) is 6.92 Å². The van der Waals surface area contributed by atoms with E-state index in [0.29, 0.717) is 27.2 Å². The summed E-state index contributed by atoms with van der Waals surface area (Å²) in [5.74, 6) is -2.34. The molecule has 4 atom stereocenters. The molecular weight excluding hydrogens is 582 g/mol. The highest BCUT2D eigenvalue weighted by atomic mass is 35.5. The SMILES string of the molecule is C[C@H]([C@H](CC(Nc1cc(C(CC(=O)OC(C)(C)C)C2CC2)ccc1Cl)c1ccccc1)c1ccc(Cl)cc1)C(F)(F)F. The number of halogens is 5. The van der Waals surface area contributed by atoms with Crippen molar-refractivity contribution in [3.8, 4) is 0 Å². The molecule has 42 heavy (non-hydrogen) atoms. The summed E-state index contributed by atoms with van der Waals surface area (Å²) < 4.78 is 48.0. The monoisotopic (exact) mass is 619 g/mol. The van der Waals surface area contributed by atoms with Crippen LogP contribution >= 0.6 is 23.2 Å². The Balaban J connectivity index is 1.67. The number of esters is 1. The average molecular weight is 621 g/mol. The number of benzene rings is 3. The Morgan fingerprint density at radius 1 is 0.929 bits per heavy atom. The number of ether oxygens (including phenoxy) is 1. The lowest BCUT2D eigenvalue weighted by molar-refractivity contribution is -0.176. The molecule has 2 unspecified atom stereocenters. The van der Waals surface area contributed by atoms with E-state index >= 15 is 0 Å². The van der Waals surface area contributed by atoms with Crippen molar-refractivity contribution in [3.05, 3.63) is 99.5 Å². The van der Waals surface area contributed by atoms with Crippen LogP contribution in [0.5, 0.6) is 0 Å². The van der Waals surface area contributed by atoms with Crippen LogP contribution in [0.3, 0.4) is 0 Å². The van der Waals surface area contributed by atoms with E-state index in [1.807, 2.05) is 63.2 Å². The van der Waals surface area contributed by atoms with Gasteiger partial charge in [-0.05, 0) is 98.7 Å². The second-order valence-corrected chi connectivity index (χ2v) is 13.1. The Morgan fingerprint density at radius 3 is 2.12 bits per heavy atom. The summed E-state index contributed by atoms with van der Waals surface area (Å²) in [6, 6.07) is 21.2. The zero-order valence-corrected chi connectivity index (χ0v) is 25.9. The van der Waals surface area contributed by atoms with Crippen molar-refractivity contribution in [3.63, 3.8) is 0 Å². The topological polar surface area (TPSA) is 38.3 Å². The Bertz CT molecular complexity index is 1340. The number of hydrogen-bond acceptors (Lipinski definition) is 3. The smallest absolute Gasteiger partial charge is 0.392 e. The standard InChI is InChI=1S/C34H38Cl2F3NO2/c1-21(34(37,38)39)27(22-12-15-26(35)16-13-22)19-30(24-8-6-5-7-9-24)40-31-18-25(14-17-29(31)36)28(23-10-11-23)20-32(41)42-33(2,3)4/h5-9,12-18,21,23,27-28,30,40H,10-11,19-20H2,1-4H3/t21-,27+,28?,30?/m1/s1. The molecular formula is C34H38Cl2F3NO2. The van der Waals surface area contributed by atoms with Crippen molar-refractivity contribution in [1.29, 1.82) is 0 Å². The number of alkyl halides is 3. The minimum atomic E-state index is -4.39. The van der Waals surface area contributed by atoms with Crippen LogP contribution in [-0.2, 0) is 9.53 Å². The molecule has 1 saturated carbocycles. The lowest BCUT2D eigenvalue weighted by Crippen LogP contribution is -2.29. The van der Waals surface area contributed by atoms with Crippen molar-refractivity contribution in [1.82, 2.24) is 0 Å². The van der Waals surface area contributed by atoms with Gasteiger partial charge in [0.1, 0.15) is 5.60 Å². The summed E-state index contributed by atoms with van der Waals surface area (Å²) in [5.41, 5.74) is 2.42. The van der Waals surface area contributed by atoms with Gasteiger partial charge in [0.2, 0.25) is 0 Å². The van der Waals surface area contributed by atoms with E-state index in [4.69, 9.17) is 27.9 Å². The predicted octanol–water partition coefficient (Wildman–Crippen LogP) is 10.7. The van der Waals surface area contributed by atoms with Gasteiger partial charge in [0.25, 0.3) is 0 Å². The third kappa shape index (κ3) is 8.90. The van der Waals surface area contributed by atoms with Gasteiger partial charge < -0.3 is 10.1 Å². The lowest BCUT2D eigenvalue weighted by atomic mass is 9.80. The van der Waals surface area contributed by atoms with Crippen molar-refractivity contribution in [2.24, 2.45) is 11.8 Å². The van der Waals surface area contributed by atoms with E-state index < -0.39 is 29.7 Å². The zero-order chi connectivity index (χ0) is 30.7. The summed E-state index contributed by atoms with van der Waals surface area (Å²) in [7, 11) is 0. The normalized spacial score (nSPS) is 16.8. The van der Waals surface area contributed by atoms with Gasteiger partial charge in [0, 0.05) is 5.02 Å². The highest BCUT2D eigenvalue weighted by molar-refractivity contribution is 6.33. The van der Waals surface area contributed by atoms with E-state index in [2.05, 4.69) is 5.32 Å². The first-order valence-electron chi connectivity index (χ1n) is 14.4. The third-order valence-electron chi connectivity index (χ3n) is 7.86. The summed E-state index contributed by atoms with van der Waals surface area (Å²) in [6.07, 6.45) is -1.90. The first-order chi connectivity index (χ1) is 19.7. The minimum absolute atomic E-state index is 0.0279. The van der Waals surface area contributed by atoms with Crippen molar-refractivity contribution in [2.75, 3.05) is 5.32 Å². The number of carbonyl (C=O) groups excluding carboxylic acids is 1. The maximum atomic E-state index is 14.1. The summed E-state index contributed by atoms with van der Waals surface area (Å²) in [6.45, 7) is 6.78. The van der Waals surface area contributed by atoms with Crippen LogP contribution in [0.1, 0.15) is 87.9 Å². The van der Waals surface area contributed by atoms with Crippen molar-refractivity contribution >= 4 is 34.9 Å². The van der Waals surface area contributed by atoms with Crippen LogP contribution < -0.4 is 5.32 Å². The highest BCUT2D eigenvalue weighted by Gasteiger charge is 2.43. The maximum absolute atomic E-state index is 14.1. The zero-order valence-electron chi connectivity index (χ0n) is 24.3. The molecule has 0 saturated heterocycles. The van der Waals surface area contributed by atoms with Crippen LogP contribution in [0, 0.1) is 11.8 Å². The minimum Gasteiger partial charge on any atom is -0.460 e. The molecule has 0 bridgehead atoms. The fourth-order valence-electron chi connectivity index (χ4n) is 5.47. The first kappa shape index (κ1) is 32.2. The largest absolute Gasteiger partial charge is 0.460 e. The number of rotatable bonds is 11. The molecule has 8 heteroatoms. The number of carbonyl (C=O) groups is 1. The van der Waals surface area contributed by atoms with E-state index in [0.717, 1.165) is 24.0 Å². The van der Waals surface area contributed by atoms with Gasteiger partial charge in [-0.25, -0.2) is 0 Å². The fraction of sp³-hybridized carbons (Fsp3) is 0.441. The molecule has 3 nitrogen and oxygen atoms in total. The maximum Gasteiger partial charge on any atom is 0.392 e. The molecule has 0 spiro atoms. The van der Waals surface area contributed by atoms with Crippen molar-refractivity contribution < 1.29 is 22.7 Å². The summed E-state index contributed by atoms with van der Waals surface area (Å²) in [5, 5.41) is 4.41. The number of anilines is 1. The second kappa shape index (κ2) is 13.3. The van der Waals surface area contributed by atoms with Gasteiger partial charge in [-0.3, -0.25) is 4.79 Å². The van der Waals surface area contributed by atoms with Gasteiger partial charge in [-0.15, -0.1) is 0 Å². The Labute approximate surface area is 256 Å². The third-order valence-corrected chi connectivity index (χ3v) is 8.44. The highest BCUT2D eigenvalue weighted by Crippen LogP contribution is 2.47. The molecule has 0 heterocycles. The number of hydrogen-bond donors (Lipinski definition) is 1. The molecule has 0 aromatic heterocycles. The quantitative estimate of drug-likeness (QED) is 0.217. The van der Waals surface area contributed by atoms with Gasteiger partial charge >= 0.3 is 12.1 Å². The molecule has 1 fully saturated rings. The lowest BCUT2D eigenvalue weighted by Gasteiger charge is -2.31. The van der Waals surface area contributed by atoms with Gasteiger partial charge in [-0.2, -0.15) is 13.2 Å². The van der Waals surface area contributed by atoms with E-state index in [9.17, 15) is 18.0 Å². The molecule has 0 radical (unpaired) electrons. The van der Waals surface area contributed by atoms with Gasteiger partial charge in [-0.1, -0.05) is 78.7 Å². The fourth-order valence-corrected chi connectivity index (χ4v) is 5.77.